The van der Waals surface area contributed by atoms with Gasteiger partial charge in [-0.05, 0) is 18.1 Å². The molecule has 0 bridgehead atoms. The van der Waals surface area contributed by atoms with E-state index in [1.54, 1.807) is 6.07 Å². The molecule has 2 rings (SSSR count). The van der Waals surface area contributed by atoms with Crippen LogP contribution in [0.1, 0.15) is 35.8 Å². The molecule has 0 aliphatic heterocycles. The van der Waals surface area contributed by atoms with E-state index in [1.165, 1.54) is 18.2 Å². The van der Waals surface area contributed by atoms with Crippen molar-refractivity contribution in [3.63, 3.8) is 0 Å². The smallest absolute Gasteiger partial charge is 0.260 e. The van der Waals surface area contributed by atoms with Gasteiger partial charge in [-0.15, -0.1) is 0 Å². The zero-order valence-electron chi connectivity index (χ0n) is 10.6. The summed E-state index contributed by atoms with van der Waals surface area (Å²) in [5.41, 5.74) is 0.893. The first-order valence-corrected chi connectivity index (χ1v) is 5.86. The summed E-state index contributed by atoms with van der Waals surface area (Å²) in [5.74, 6) is -0.670. The van der Waals surface area contributed by atoms with Crippen LogP contribution in [-0.2, 0) is 0 Å². The molecule has 0 aliphatic rings. The molecule has 6 heteroatoms. The van der Waals surface area contributed by atoms with Crippen molar-refractivity contribution in [3.05, 3.63) is 35.5 Å². The van der Waals surface area contributed by atoms with Gasteiger partial charge in [0.25, 0.3) is 5.91 Å². The van der Waals surface area contributed by atoms with Crippen LogP contribution in [0.2, 0.25) is 0 Å². The average molecular weight is 261 g/mol. The van der Waals surface area contributed by atoms with E-state index in [0.29, 0.717) is 5.82 Å². The summed E-state index contributed by atoms with van der Waals surface area (Å²) in [6, 6.07) is 5.92. The van der Waals surface area contributed by atoms with Gasteiger partial charge < -0.3 is 15.5 Å². The van der Waals surface area contributed by atoms with Gasteiger partial charge in [-0.2, -0.15) is 5.10 Å². The molecule has 0 spiro atoms. The topological polar surface area (TPSA) is 98.2 Å². The van der Waals surface area contributed by atoms with Crippen molar-refractivity contribution >= 4 is 11.7 Å². The largest absolute Gasteiger partial charge is 0.504 e. The van der Waals surface area contributed by atoms with Crippen molar-refractivity contribution in [3.8, 4) is 11.5 Å². The Bertz CT molecular complexity index is 605. The molecule has 1 heterocycles. The van der Waals surface area contributed by atoms with Gasteiger partial charge in [0.05, 0.1) is 5.56 Å². The Labute approximate surface area is 110 Å². The van der Waals surface area contributed by atoms with Crippen LogP contribution >= 0.6 is 0 Å². The number of benzene rings is 1. The fourth-order valence-corrected chi connectivity index (χ4v) is 1.59. The number of aromatic amines is 1. The second kappa shape index (κ2) is 5.01. The number of aromatic nitrogens is 2. The number of carbonyl (C=O) groups excluding carboxylic acids is 1. The quantitative estimate of drug-likeness (QED) is 0.636. The van der Waals surface area contributed by atoms with Crippen LogP contribution < -0.4 is 5.32 Å². The van der Waals surface area contributed by atoms with E-state index in [9.17, 15) is 15.0 Å². The van der Waals surface area contributed by atoms with Crippen molar-refractivity contribution in [2.75, 3.05) is 5.32 Å². The van der Waals surface area contributed by atoms with Crippen LogP contribution in [0.3, 0.4) is 0 Å². The van der Waals surface area contributed by atoms with Crippen molar-refractivity contribution in [1.82, 2.24) is 10.2 Å². The summed E-state index contributed by atoms with van der Waals surface area (Å²) in [4.78, 5) is 11.9. The minimum Gasteiger partial charge on any atom is -0.504 e. The van der Waals surface area contributed by atoms with Crippen LogP contribution in [0.4, 0.5) is 5.82 Å². The minimum absolute atomic E-state index is 0.00547. The Balaban J connectivity index is 2.18. The van der Waals surface area contributed by atoms with E-state index in [-0.39, 0.29) is 17.2 Å². The molecule has 0 radical (unpaired) electrons. The molecule has 19 heavy (non-hydrogen) atoms. The minimum atomic E-state index is -0.532. The maximum atomic E-state index is 11.9. The predicted molar refractivity (Wildman–Crippen MR) is 70.4 cm³/mol. The summed E-state index contributed by atoms with van der Waals surface area (Å²) < 4.78 is 0. The third kappa shape index (κ3) is 2.67. The third-order valence-corrected chi connectivity index (χ3v) is 2.72. The molecule has 0 aliphatic carbocycles. The Morgan fingerprint density at radius 1 is 1.37 bits per heavy atom. The molecule has 100 valence electrons. The zero-order chi connectivity index (χ0) is 14.0. The lowest BCUT2D eigenvalue weighted by atomic mass is 10.1. The zero-order valence-corrected chi connectivity index (χ0v) is 10.6. The van der Waals surface area contributed by atoms with Crippen LogP contribution in [0, 0.1) is 0 Å². The number of nitrogens with one attached hydrogen (secondary N) is 2. The number of hydrogen-bond acceptors (Lipinski definition) is 4. The number of phenols is 2. The summed E-state index contributed by atoms with van der Waals surface area (Å²) in [7, 11) is 0. The van der Waals surface area contributed by atoms with E-state index in [0.717, 1.165) is 5.69 Å². The molecule has 1 aromatic carbocycles. The Kier molecular flexibility index (Phi) is 3.41. The highest BCUT2D eigenvalue weighted by atomic mass is 16.3. The monoisotopic (exact) mass is 261 g/mol. The number of amides is 1. The number of aromatic hydroxyl groups is 2. The molecule has 1 aromatic heterocycles. The van der Waals surface area contributed by atoms with Gasteiger partial charge in [0.2, 0.25) is 0 Å². The molecule has 0 atom stereocenters. The summed E-state index contributed by atoms with van der Waals surface area (Å²) in [6.45, 7) is 4.00. The van der Waals surface area contributed by atoms with Crippen molar-refractivity contribution in [2.24, 2.45) is 0 Å². The third-order valence-electron chi connectivity index (χ3n) is 2.72. The number of phenolic OH excluding ortho intramolecular Hbond substituents is 2. The van der Waals surface area contributed by atoms with Crippen LogP contribution in [0.25, 0.3) is 0 Å². The maximum Gasteiger partial charge on any atom is 0.260 e. The maximum absolute atomic E-state index is 11.9. The summed E-state index contributed by atoms with van der Waals surface area (Å²) in [5, 5.41) is 28.3. The molecule has 2 aromatic rings. The Morgan fingerprint density at radius 2 is 2.11 bits per heavy atom. The second-order valence-electron chi connectivity index (χ2n) is 4.49. The predicted octanol–water partition coefficient (Wildman–Crippen LogP) is 2.20. The standard InChI is InChI=1S/C13H15N3O3/c1-7(2)9-6-11(16-15-9)14-13(19)8-4-3-5-10(17)12(8)18/h3-7,17-18H,1-2H3,(H2,14,15,16,19). The van der Waals surface area contributed by atoms with Crippen LogP contribution in [0.5, 0.6) is 11.5 Å². The van der Waals surface area contributed by atoms with Gasteiger partial charge in [-0.3, -0.25) is 9.89 Å². The highest BCUT2D eigenvalue weighted by molar-refractivity contribution is 6.06. The number of H-pyrrole nitrogens is 1. The first-order chi connectivity index (χ1) is 8.99. The Hall–Kier alpha value is -2.50. The number of para-hydroxylation sites is 1. The molecule has 0 unspecified atom stereocenters. The van der Waals surface area contributed by atoms with E-state index in [2.05, 4.69) is 15.5 Å². The lowest BCUT2D eigenvalue weighted by Gasteiger charge is -2.05. The number of anilines is 1. The van der Waals surface area contributed by atoms with E-state index in [4.69, 9.17) is 0 Å². The number of nitrogens with zero attached hydrogens (tertiary/aromatic N) is 1. The molecule has 6 nitrogen and oxygen atoms in total. The Morgan fingerprint density at radius 3 is 2.74 bits per heavy atom. The number of rotatable bonds is 3. The lowest BCUT2D eigenvalue weighted by molar-refractivity contribution is 0.102. The fourth-order valence-electron chi connectivity index (χ4n) is 1.59. The molecule has 4 N–H and O–H groups in total. The average Bonchev–Trinajstić information content (AvgIpc) is 2.81. The highest BCUT2D eigenvalue weighted by Gasteiger charge is 2.15. The first-order valence-electron chi connectivity index (χ1n) is 5.86. The molecule has 0 saturated heterocycles. The van der Waals surface area contributed by atoms with Gasteiger partial charge in [0.1, 0.15) is 0 Å². The van der Waals surface area contributed by atoms with Gasteiger partial charge in [-0.25, -0.2) is 0 Å². The highest BCUT2D eigenvalue weighted by Crippen LogP contribution is 2.28. The molecular weight excluding hydrogens is 246 g/mol. The molecule has 1 amide bonds. The van der Waals surface area contributed by atoms with Crippen LogP contribution in [0.15, 0.2) is 24.3 Å². The van der Waals surface area contributed by atoms with Gasteiger partial charge >= 0.3 is 0 Å². The van der Waals surface area contributed by atoms with E-state index < -0.39 is 11.7 Å². The molecule has 0 saturated carbocycles. The van der Waals surface area contributed by atoms with Gasteiger partial charge in [0.15, 0.2) is 17.3 Å². The molecular formula is C13H15N3O3. The van der Waals surface area contributed by atoms with E-state index in [1.807, 2.05) is 13.8 Å². The lowest BCUT2D eigenvalue weighted by Crippen LogP contribution is -2.12. The van der Waals surface area contributed by atoms with Crippen molar-refractivity contribution in [2.45, 2.75) is 19.8 Å². The summed E-state index contributed by atoms with van der Waals surface area (Å²) in [6.07, 6.45) is 0. The first kappa shape index (κ1) is 12.9. The van der Waals surface area contributed by atoms with Crippen LogP contribution in [-0.4, -0.2) is 26.3 Å². The number of carbonyl (C=O) groups is 1. The van der Waals surface area contributed by atoms with E-state index >= 15 is 0 Å². The van der Waals surface area contributed by atoms with Crippen molar-refractivity contribution < 1.29 is 15.0 Å². The molecule has 0 fully saturated rings. The van der Waals surface area contributed by atoms with Crippen molar-refractivity contribution in [1.29, 1.82) is 0 Å². The van der Waals surface area contributed by atoms with Gasteiger partial charge in [0, 0.05) is 11.8 Å². The number of hydrogen-bond donors (Lipinski definition) is 4. The second-order valence-corrected chi connectivity index (χ2v) is 4.49. The van der Waals surface area contributed by atoms with Gasteiger partial charge in [-0.1, -0.05) is 19.9 Å². The fraction of sp³-hybridized carbons (Fsp3) is 0.231. The summed E-state index contributed by atoms with van der Waals surface area (Å²) >= 11 is 0. The SMILES string of the molecule is CC(C)c1cc(NC(=O)c2cccc(O)c2O)n[nH]1. The normalized spacial score (nSPS) is 10.7.